The van der Waals surface area contributed by atoms with E-state index >= 15 is 0 Å². The number of nitrogens with zero attached hydrogens (tertiary/aromatic N) is 3. The highest BCUT2D eigenvalue weighted by Crippen LogP contribution is 2.26. The Morgan fingerprint density at radius 2 is 2.00 bits per heavy atom. The van der Waals surface area contributed by atoms with Gasteiger partial charge in [-0.15, -0.1) is 0 Å². The topological polar surface area (TPSA) is 78.5 Å². The average molecular weight is 395 g/mol. The van der Waals surface area contributed by atoms with Crippen LogP contribution < -0.4 is 10.6 Å². The Morgan fingerprint density at radius 1 is 1.04 bits per heavy atom. The molecule has 124 valence electrons. The SMILES string of the molecule is Brc1cnc(Nc2cccc3cc[nH]c23)nc1NCc1ccccn1. The van der Waals surface area contributed by atoms with Crippen molar-refractivity contribution in [1.29, 1.82) is 0 Å². The van der Waals surface area contributed by atoms with Crippen molar-refractivity contribution in [2.75, 3.05) is 10.6 Å². The number of pyridine rings is 1. The van der Waals surface area contributed by atoms with Crippen LogP contribution in [0.1, 0.15) is 5.69 Å². The molecule has 0 amide bonds. The van der Waals surface area contributed by atoms with Crippen LogP contribution in [0, 0.1) is 0 Å². The van der Waals surface area contributed by atoms with Crippen molar-refractivity contribution in [3.63, 3.8) is 0 Å². The van der Waals surface area contributed by atoms with E-state index in [1.54, 1.807) is 12.4 Å². The molecule has 4 aromatic rings. The molecule has 6 nitrogen and oxygen atoms in total. The highest BCUT2D eigenvalue weighted by atomic mass is 79.9. The fourth-order valence-electron chi connectivity index (χ4n) is 2.54. The van der Waals surface area contributed by atoms with Crippen molar-refractivity contribution in [1.82, 2.24) is 19.9 Å². The Morgan fingerprint density at radius 3 is 2.88 bits per heavy atom. The molecule has 4 rings (SSSR count). The van der Waals surface area contributed by atoms with Crippen LogP contribution in [-0.4, -0.2) is 19.9 Å². The standard InChI is InChI=1S/C18H15BrN6/c19-14-11-23-18(24-15-6-3-4-12-7-9-21-16(12)15)25-17(14)22-10-13-5-1-2-8-20-13/h1-9,11,21H,10H2,(H2,22,23,24,25). The smallest absolute Gasteiger partial charge is 0.229 e. The first kappa shape index (κ1) is 15.6. The van der Waals surface area contributed by atoms with Crippen LogP contribution in [0.15, 0.2) is 65.5 Å². The number of hydrogen-bond acceptors (Lipinski definition) is 5. The molecule has 0 radical (unpaired) electrons. The third kappa shape index (κ3) is 3.46. The van der Waals surface area contributed by atoms with E-state index in [0.29, 0.717) is 18.3 Å². The molecule has 3 N–H and O–H groups in total. The summed E-state index contributed by atoms with van der Waals surface area (Å²) in [5, 5.41) is 7.68. The van der Waals surface area contributed by atoms with Crippen LogP contribution in [0.5, 0.6) is 0 Å². The maximum Gasteiger partial charge on any atom is 0.229 e. The van der Waals surface area contributed by atoms with Crippen molar-refractivity contribution in [3.8, 4) is 0 Å². The summed E-state index contributed by atoms with van der Waals surface area (Å²) in [5.74, 6) is 1.23. The number of anilines is 3. The second kappa shape index (κ2) is 6.90. The van der Waals surface area contributed by atoms with Gasteiger partial charge in [0.05, 0.1) is 27.9 Å². The molecule has 0 bridgehead atoms. The van der Waals surface area contributed by atoms with Gasteiger partial charge in [0, 0.05) is 24.0 Å². The molecule has 0 saturated carbocycles. The third-order valence-electron chi connectivity index (χ3n) is 3.74. The van der Waals surface area contributed by atoms with E-state index in [4.69, 9.17) is 0 Å². The summed E-state index contributed by atoms with van der Waals surface area (Å²) < 4.78 is 0.798. The average Bonchev–Trinajstić information content (AvgIpc) is 3.13. The number of aromatic nitrogens is 4. The fraction of sp³-hybridized carbons (Fsp3) is 0.0556. The molecular weight excluding hydrogens is 380 g/mol. The summed E-state index contributed by atoms with van der Waals surface area (Å²) in [7, 11) is 0. The summed E-state index contributed by atoms with van der Waals surface area (Å²) >= 11 is 3.48. The van der Waals surface area contributed by atoms with Gasteiger partial charge < -0.3 is 15.6 Å². The maximum atomic E-state index is 4.55. The van der Waals surface area contributed by atoms with Gasteiger partial charge in [-0.1, -0.05) is 18.2 Å². The molecule has 0 unspecified atom stereocenters. The lowest BCUT2D eigenvalue weighted by Crippen LogP contribution is -2.06. The number of benzene rings is 1. The van der Waals surface area contributed by atoms with Gasteiger partial charge in [0.1, 0.15) is 5.82 Å². The number of nitrogens with one attached hydrogen (secondary N) is 3. The van der Waals surface area contributed by atoms with Crippen LogP contribution in [0.3, 0.4) is 0 Å². The van der Waals surface area contributed by atoms with E-state index in [2.05, 4.69) is 52.6 Å². The first-order valence-electron chi connectivity index (χ1n) is 7.79. The van der Waals surface area contributed by atoms with Crippen molar-refractivity contribution >= 4 is 44.3 Å². The van der Waals surface area contributed by atoms with Gasteiger partial charge in [-0.25, -0.2) is 4.98 Å². The van der Waals surface area contributed by atoms with Crippen molar-refractivity contribution < 1.29 is 0 Å². The van der Waals surface area contributed by atoms with E-state index in [9.17, 15) is 0 Å². The zero-order valence-electron chi connectivity index (χ0n) is 13.2. The lowest BCUT2D eigenvalue weighted by Gasteiger charge is -2.10. The zero-order valence-corrected chi connectivity index (χ0v) is 14.8. The largest absolute Gasteiger partial charge is 0.363 e. The molecular formula is C18H15BrN6. The first-order chi connectivity index (χ1) is 12.3. The fourth-order valence-corrected chi connectivity index (χ4v) is 2.87. The van der Waals surface area contributed by atoms with Crippen molar-refractivity contribution in [2.24, 2.45) is 0 Å². The molecule has 25 heavy (non-hydrogen) atoms. The van der Waals surface area contributed by atoms with E-state index in [0.717, 1.165) is 26.8 Å². The molecule has 3 heterocycles. The number of H-pyrrole nitrogens is 1. The second-order valence-electron chi connectivity index (χ2n) is 5.44. The van der Waals surface area contributed by atoms with Gasteiger partial charge in [-0.3, -0.25) is 4.98 Å². The lowest BCUT2D eigenvalue weighted by atomic mass is 10.2. The molecule has 7 heteroatoms. The highest BCUT2D eigenvalue weighted by Gasteiger charge is 2.08. The predicted molar refractivity (Wildman–Crippen MR) is 103 cm³/mol. The Hall–Kier alpha value is -2.93. The Balaban J connectivity index is 1.56. The molecule has 1 aromatic carbocycles. The maximum absolute atomic E-state index is 4.55. The zero-order chi connectivity index (χ0) is 17.1. The highest BCUT2D eigenvalue weighted by molar-refractivity contribution is 9.10. The normalized spacial score (nSPS) is 10.8. The monoisotopic (exact) mass is 394 g/mol. The van der Waals surface area contributed by atoms with Crippen molar-refractivity contribution in [3.05, 3.63) is 71.2 Å². The second-order valence-corrected chi connectivity index (χ2v) is 6.29. The van der Waals surface area contributed by atoms with Crippen LogP contribution in [0.25, 0.3) is 10.9 Å². The molecule has 0 saturated heterocycles. The van der Waals surface area contributed by atoms with E-state index < -0.39 is 0 Å². The third-order valence-corrected chi connectivity index (χ3v) is 4.32. The molecule has 0 spiro atoms. The number of aromatic amines is 1. The van der Waals surface area contributed by atoms with Gasteiger partial charge in [-0.2, -0.15) is 4.98 Å². The summed E-state index contributed by atoms with van der Waals surface area (Å²) in [4.78, 5) is 16.4. The van der Waals surface area contributed by atoms with Gasteiger partial charge in [-0.05, 0) is 40.2 Å². The van der Waals surface area contributed by atoms with Gasteiger partial charge >= 0.3 is 0 Å². The molecule has 0 aliphatic heterocycles. The number of fused-ring (bicyclic) bond motifs is 1. The van der Waals surface area contributed by atoms with Crippen LogP contribution >= 0.6 is 15.9 Å². The molecule has 0 fully saturated rings. The Labute approximate surface area is 152 Å². The van der Waals surface area contributed by atoms with Gasteiger partial charge in [0.15, 0.2) is 0 Å². The first-order valence-corrected chi connectivity index (χ1v) is 8.58. The minimum atomic E-state index is 0.522. The number of halogens is 1. The van der Waals surface area contributed by atoms with Crippen LogP contribution in [0.2, 0.25) is 0 Å². The summed E-state index contributed by atoms with van der Waals surface area (Å²) in [6, 6.07) is 13.9. The Kier molecular flexibility index (Phi) is 4.30. The number of rotatable bonds is 5. The van der Waals surface area contributed by atoms with Crippen LogP contribution in [-0.2, 0) is 6.54 Å². The van der Waals surface area contributed by atoms with Crippen LogP contribution in [0.4, 0.5) is 17.5 Å². The molecule has 0 aliphatic rings. The quantitative estimate of drug-likeness (QED) is 0.465. The number of para-hydroxylation sites is 1. The summed E-state index contributed by atoms with van der Waals surface area (Å²) in [5.41, 5.74) is 2.90. The minimum absolute atomic E-state index is 0.522. The molecule has 0 atom stereocenters. The van der Waals surface area contributed by atoms with E-state index in [1.807, 2.05) is 42.6 Å². The number of hydrogen-bond donors (Lipinski definition) is 3. The molecule has 0 aliphatic carbocycles. The predicted octanol–water partition coefficient (Wildman–Crippen LogP) is 4.47. The van der Waals surface area contributed by atoms with E-state index in [-0.39, 0.29) is 0 Å². The Bertz CT molecular complexity index is 999. The van der Waals surface area contributed by atoms with E-state index in [1.165, 1.54) is 0 Å². The lowest BCUT2D eigenvalue weighted by molar-refractivity contribution is 1.02. The van der Waals surface area contributed by atoms with Gasteiger partial charge in [0.25, 0.3) is 0 Å². The minimum Gasteiger partial charge on any atom is -0.363 e. The summed E-state index contributed by atoms with van der Waals surface area (Å²) in [6.07, 6.45) is 5.42. The van der Waals surface area contributed by atoms with Gasteiger partial charge in [0.2, 0.25) is 5.95 Å². The molecule has 3 aromatic heterocycles. The van der Waals surface area contributed by atoms with Crippen molar-refractivity contribution in [2.45, 2.75) is 6.54 Å². The summed E-state index contributed by atoms with van der Waals surface area (Å²) in [6.45, 7) is 0.585.